The molecule has 1 heterocycles. The molecule has 0 saturated carbocycles. The predicted molar refractivity (Wildman–Crippen MR) is 73.6 cm³/mol. The second-order valence-corrected chi connectivity index (χ2v) is 5.24. The fraction of sp³-hybridized carbons (Fsp3) is 0.571. The van der Waals surface area contributed by atoms with Crippen molar-refractivity contribution in [3.8, 4) is 0 Å². The van der Waals surface area contributed by atoms with Crippen molar-refractivity contribution in [1.29, 1.82) is 0 Å². The van der Waals surface area contributed by atoms with Crippen LogP contribution in [0.3, 0.4) is 0 Å². The smallest absolute Gasteiger partial charge is 0.124 e. The van der Waals surface area contributed by atoms with Gasteiger partial charge in [-0.25, -0.2) is 4.39 Å². The molecular formula is C14H20ClFN2. The Bertz CT molecular complexity index is 378. The van der Waals surface area contributed by atoms with E-state index in [0.717, 1.165) is 44.5 Å². The Labute approximate surface area is 113 Å². The fourth-order valence-corrected chi connectivity index (χ4v) is 2.56. The van der Waals surface area contributed by atoms with E-state index in [1.54, 1.807) is 6.07 Å². The van der Waals surface area contributed by atoms with Gasteiger partial charge in [0.25, 0.3) is 0 Å². The largest absolute Gasteiger partial charge is 0.315 e. The molecule has 1 aliphatic rings. The molecule has 0 amide bonds. The van der Waals surface area contributed by atoms with Crippen molar-refractivity contribution in [3.05, 3.63) is 34.6 Å². The Balaban J connectivity index is 1.62. The van der Waals surface area contributed by atoms with Crippen LogP contribution in [0.1, 0.15) is 24.8 Å². The summed E-state index contributed by atoms with van der Waals surface area (Å²) >= 11 is 5.98. The van der Waals surface area contributed by atoms with E-state index in [0.29, 0.717) is 11.1 Å². The van der Waals surface area contributed by atoms with Gasteiger partial charge in [-0.05, 0) is 56.5 Å². The SMILES string of the molecule is Fc1ccc(CCCCNC2CCNC2)c(Cl)c1. The summed E-state index contributed by atoms with van der Waals surface area (Å²) in [5.74, 6) is -0.265. The molecule has 2 rings (SSSR count). The topological polar surface area (TPSA) is 24.1 Å². The number of hydrogen-bond acceptors (Lipinski definition) is 2. The summed E-state index contributed by atoms with van der Waals surface area (Å²) in [5.41, 5.74) is 1.04. The molecule has 1 fully saturated rings. The molecule has 2 nitrogen and oxygen atoms in total. The Morgan fingerprint density at radius 2 is 2.28 bits per heavy atom. The van der Waals surface area contributed by atoms with Gasteiger partial charge in [0.1, 0.15) is 5.82 Å². The van der Waals surface area contributed by atoms with Crippen LogP contribution in [0.4, 0.5) is 4.39 Å². The van der Waals surface area contributed by atoms with Crippen LogP contribution in [0.2, 0.25) is 5.02 Å². The van der Waals surface area contributed by atoms with E-state index < -0.39 is 0 Å². The number of halogens is 2. The zero-order valence-electron chi connectivity index (χ0n) is 10.5. The average molecular weight is 271 g/mol. The Hall–Kier alpha value is -0.640. The van der Waals surface area contributed by atoms with Gasteiger partial charge in [-0.2, -0.15) is 0 Å². The molecule has 0 radical (unpaired) electrons. The van der Waals surface area contributed by atoms with E-state index in [2.05, 4.69) is 10.6 Å². The number of rotatable bonds is 6. The summed E-state index contributed by atoms with van der Waals surface area (Å²) < 4.78 is 12.9. The molecule has 0 aliphatic carbocycles. The first-order valence-electron chi connectivity index (χ1n) is 6.64. The third-order valence-electron chi connectivity index (χ3n) is 3.38. The Kier molecular flexibility index (Phi) is 5.42. The van der Waals surface area contributed by atoms with Crippen molar-refractivity contribution in [2.75, 3.05) is 19.6 Å². The highest BCUT2D eigenvalue weighted by molar-refractivity contribution is 6.31. The van der Waals surface area contributed by atoms with E-state index in [1.807, 2.05) is 0 Å². The van der Waals surface area contributed by atoms with Crippen molar-refractivity contribution < 1.29 is 4.39 Å². The highest BCUT2D eigenvalue weighted by atomic mass is 35.5. The lowest BCUT2D eigenvalue weighted by atomic mass is 10.1. The van der Waals surface area contributed by atoms with Gasteiger partial charge in [0.2, 0.25) is 0 Å². The monoisotopic (exact) mass is 270 g/mol. The van der Waals surface area contributed by atoms with E-state index in [-0.39, 0.29) is 5.82 Å². The van der Waals surface area contributed by atoms with Crippen LogP contribution < -0.4 is 10.6 Å². The van der Waals surface area contributed by atoms with Crippen LogP contribution in [0.25, 0.3) is 0 Å². The van der Waals surface area contributed by atoms with Crippen molar-refractivity contribution in [1.82, 2.24) is 10.6 Å². The zero-order valence-corrected chi connectivity index (χ0v) is 11.3. The molecule has 0 bridgehead atoms. The first-order chi connectivity index (χ1) is 8.75. The molecule has 0 spiro atoms. The second-order valence-electron chi connectivity index (χ2n) is 4.84. The molecule has 1 atom stereocenters. The first-order valence-corrected chi connectivity index (χ1v) is 7.01. The van der Waals surface area contributed by atoms with E-state index in [1.165, 1.54) is 18.6 Å². The molecule has 1 aliphatic heterocycles. The van der Waals surface area contributed by atoms with Gasteiger partial charge >= 0.3 is 0 Å². The van der Waals surface area contributed by atoms with E-state index in [9.17, 15) is 4.39 Å². The lowest BCUT2D eigenvalue weighted by molar-refractivity contribution is 0.526. The van der Waals surface area contributed by atoms with Crippen LogP contribution in [0, 0.1) is 5.82 Å². The number of hydrogen-bond donors (Lipinski definition) is 2. The van der Waals surface area contributed by atoms with Crippen molar-refractivity contribution in [3.63, 3.8) is 0 Å². The van der Waals surface area contributed by atoms with E-state index >= 15 is 0 Å². The third kappa shape index (κ3) is 4.23. The molecule has 100 valence electrons. The van der Waals surface area contributed by atoms with Gasteiger partial charge in [0, 0.05) is 17.6 Å². The summed E-state index contributed by atoms with van der Waals surface area (Å²) in [4.78, 5) is 0. The predicted octanol–water partition coefficient (Wildman–Crippen LogP) is 2.75. The zero-order chi connectivity index (χ0) is 12.8. The van der Waals surface area contributed by atoms with Crippen LogP contribution >= 0.6 is 11.6 Å². The maximum absolute atomic E-state index is 12.9. The van der Waals surface area contributed by atoms with Crippen molar-refractivity contribution >= 4 is 11.6 Å². The minimum absolute atomic E-state index is 0.265. The fourth-order valence-electron chi connectivity index (χ4n) is 2.30. The number of unbranched alkanes of at least 4 members (excludes halogenated alkanes) is 1. The van der Waals surface area contributed by atoms with Gasteiger partial charge in [-0.1, -0.05) is 17.7 Å². The average Bonchev–Trinajstić information content (AvgIpc) is 2.84. The maximum atomic E-state index is 12.9. The number of nitrogens with one attached hydrogen (secondary N) is 2. The van der Waals surface area contributed by atoms with Crippen LogP contribution in [0.5, 0.6) is 0 Å². The minimum Gasteiger partial charge on any atom is -0.315 e. The summed E-state index contributed by atoms with van der Waals surface area (Å²) in [6.07, 6.45) is 4.36. The third-order valence-corrected chi connectivity index (χ3v) is 3.73. The van der Waals surface area contributed by atoms with Crippen LogP contribution in [-0.2, 0) is 6.42 Å². The van der Waals surface area contributed by atoms with Gasteiger partial charge in [-0.15, -0.1) is 0 Å². The summed E-state index contributed by atoms with van der Waals surface area (Å²) in [6.45, 7) is 3.26. The van der Waals surface area contributed by atoms with Gasteiger partial charge in [0.05, 0.1) is 0 Å². The number of benzene rings is 1. The molecule has 0 aromatic heterocycles. The molecule has 1 saturated heterocycles. The Morgan fingerprint density at radius 1 is 1.39 bits per heavy atom. The quantitative estimate of drug-likeness (QED) is 0.777. The molecule has 18 heavy (non-hydrogen) atoms. The molecule has 2 N–H and O–H groups in total. The first kappa shape index (κ1) is 13.8. The normalized spacial score (nSPS) is 19.3. The van der Waals surface area contributed by atoms with Crippen molar-refractivity contribution in [2.45, 2.75) is 31.7 Å². The Morgan fingerprint density at radius 3 is 3.00 bits per heavy atom. The second kappa shape index (κ2) is 7.07. The van der Waals surface area contributed by atoms with Gasteiger partial charge in [0.15, 0.2) is 0 Å². The summed E-state index contributed by atoms with van der Waals surface area (Å²) in [7, 11) is 0. The van der Waals surface area contributed by atoms with Crippen LogP contribution in [0.15, 0.2) is 18.2 Å². The standard InChI is InChI=1S/C14H20ClFN2/c15-14-9-12(16)5-4-11(14)3-1-2-7-18-13-6-8-17-10-13/h4-5,9,13,17-18H,1-3,6-8,10H2. The van der Waals surface area contributed by atoms with Gasteiger partial charge < -0.3 is 10.6 Å². The maximum Gasteiger partial charge on any atom is 0.124 e. The molecule has 1 aromatic rings. The lowest BCUT2D eigenvalue weighted by Crippen LogP contribution is -2.31. The number of aryl methyl sites for hydroxylation is 1. The highest BCUT2D eigenvalue weighted by Gasteiger charge is 2.12. The van der Waals surface area contributed by atoms with Gasteiger partial charge in [-0.3, -0.25) is 0 Å². The highest BCUT2D eigenvalue weighted by Crippen LogP contribution is 2.19. The summed E-state index contributed by atoms with van der Waals surface area (Å²) in [6, 6.07) is 5.29. The molecule has 1 aromatic carbocycles. The van der Waals surface area contributed by atoms with E-state index in [4.69, 9.17) is 11.6 Å². The lowest BCUT2D eigenvalue weighted by Gasteiger charge is -2.10. The van der Waals surface area contributed by atoms with Crippen LogP contribution in [-0.4, -0.2) is 25.7 Å². The van der Waals surface area contributed by atoms with Crippen molar-refractivity contribution in [2.24, 2.45) is 0 Å². The summed E-state index contributed by atoms with van der Waals surface area (Å²) in [5, 5.41) is 7.42. The molecule has 1 unspecified atom stereocenters. The molecule has 4 heteroatoms. The molecular weight excluding hydrogens is 251 g/mol. The minimum atomic E-state index is -0.265.